The molecule has 188 valence electrons. The van der Waals surface area contributed by atoms with E-state index < -0.39 is 18.9 Å². The number of benzene rings is 2. The molecule has 0 N–H and O–H groups in total. The minimum atomic E-state index is -0.625. The zero-order valence-electron chi connectivity index (χ0n) is 20.8. The predicted octanol–water partition coefficient (Wildman–Crippen LogP) is 4.54. The van der Waals surface area contributed by atoms with Crippen molar-refractivity contribution in [3.63, 3.8) is 0 Å². The van der Waals surface area contributed by atoms with Gasteiger partial charge in [0.05, 0.1) is 18.2 Å². The Morgan fingerprint density at radius 3 is 2.61 bits per heavy atom. The Bertz CT molecular complexity index is 1280. The Morgan fingerprint density at radius 2 is 1.86 bits per heavy atom. The van der Waals surface area contributed by atoms with E-state index in [9.17, 15) is 9.59 Å². The quantitative estimate of drug-likeness (QED) is 0.323. The van der Waals surface area contributed by atoms with Gasteiger partial charge in [0, 0.05) is 49.6 Å². The zero-order valence-corrected chi connectivity index (χ0v) is 20.8. The number of methoxy groups -OCH3 is 1. The number of nitrogens with zero attached hydrogens (tertiary/aromatic N) is 3. The second-order valence-corrected chi connectivity index (χ2v) is 8.82. The summed E-state index contributed by atoms with van der Waals surface area (Å²) < 4.78 is 17.3. The van der Waals surface area contributed by atoms with Crippen LogP contribution in [-0.2, 0) is 27.2 Å². The molecule has 8 heteroatoms. The number of ether oxygens (including phenoxy) is 3. The van der Waals surface area contributed by atoms with E-state index in [0.717, 1.165) is 29.5 Å². The average Bonchev–Trinajstić information content (AvgIpc) is 3.26. The van der Waals surface area contributed by atoms with Crippen molar-refractivity contribution in [1.29, 1.82) is 0 Å². The van der Waals surface area contributed by atoms with Crippen molar-refractivity contribution in [2.24, 2.45) is 0 Å². The normalized spacial score (nSPS) is 13.1. The van der Waals surface area contributed by atoms with Gasteiger partial charge in [-0.05, 0) is 43.8 Å². The Morgan fingerprint density at radius 1 is 1.06 bits per heavy atom. The molecule has 36 heavy (non-hydrogen) atoms. The largest absolute Gasteiger partial charge is 0.497 e. The lowest BCUT2D eigenvalue weighted by molar-refractivity contribution is -0.147. The van der Waals surface area contributed by atoms with Crippen molar-refractivity contribution in [1.82, 2.24) is 14.4 Å². The van der Waals surface area contributed by atoms with Crippen LogP contribution in [0.2, 0.25) is 0 Å². The molecule has 3 aromatic rings. The summed E-state index contributed by atoms with van der Waals surface area (Å²) in [4.78, 5) is 29.5. The molecule has 1 aliphatic heterocycles. The molecule has 0 saturated carbocycles. The van der Waals surface area contributed by atoms with Gasteiger partial charge < -0.3 is 24.0 Å². The van der Waals surface area contributed by atoms with E-state index in [1.54, 1.807) is 25.6 Å². The third kappa shape index (κ3) is 6.14. The van der Waals surface area contributed by atoms with E-state index in [1.807, 2.05) is 73.7 Å². The first-order valence-corrected chi connectivity index (χ1v) is 11.8. The third-order valence-corrected chi connectivity index (χ3v) is 5.92. The summed E-state index contributed by atoms with van der Waals surface area (Å²) >= 11 is 0. The molecule has 0 unspecified atom stereocenters. The predicted molar refractivity (Wildman–Crippen MR) is 137 cm³/mol. The number of aromatic nitrogens is 1. The fraction of sp³-hybridized carbons (Fsp3) is 0.286. The minimum absolute atomic E-state index is 0.454. The number of carbonyl (C=O) groups excluding carboxylic acids is 2. The van der Waals surface area contributed by atoms with Gasteiger partial charge in [-0.15, -0.1) is 0 Å². The van der Waals surface area contributed by atoms with Crippen LogP contribution in [0.4, 0.5) is 4.79 Å². The van der Waals surface area contributed by atoms with Gasteiger partial charge in [0.1, 0.15) is 5.75 Å². The van der Waals surface area contributed by atoms with Gasteiger partial charge >= 0.3 is 12.1 Å². The highest BCUT2D eigenvalue weighted by Crippen LogP contribution is 2.27. The monoisotopic (exact) mass is 489 g/mol. The lowest BCUT2D eigenvalue weighted by Crippen LogP contribution is -2.20. The fourth-order valence-corrected chi connectivity index (χ4v) is 4.03. The zero-order chi connectivity index (χ0) is 25.5. The minimum Gasteiger partial charge on any atom is -0.497 e. The van der Waals surface area contributed by atoms with E-state index in [4.69, 9.17) is 14.2 Å². The molecule has 1 aliphatic rings. The first-order chi connectivity index (χ1) is 17.4. The molecule has 0 spiro atoms. The molecular formula is C28H31N3O5. The summed E-state index contributed by atoms with van der Waals surface area (Å²) in [6.45, 7) is 1.00. The smallest absolute Gasteiger partial charge is 0.421 e. The maximum Gasteiger partial charge on any atom is 0.421 e. The van der Waals surface area contributed by atoms with Crippen LogP contribution in [0.3, 0.4) is 0 Å². The van der Waals surface area contributed by atoms with Crippen LogP contribution in [0.5, 0.6) is 5.75 Å². The van der Waals surface area contributed by atoms with Gasteiger partial charge in [-0.2, -0.15) is 0 Å². The number of hydrogen-bond donors (Lipinski definition) is 0. The van der Waals surface area contributed by atoms with E-state index in [0.29, 0.717) is 29.8 Å². The maximum atomic E-state index is 12.9. The summed E-state index contributed by atoms with van der Waals surface area (Å²) in [7, 11) is 5.59. The van der Waals surface area contributed by atoms with Crippen molar-refractivity contribution < 1.29 is 23.8 Å². The molecule has 0 atom stereocenters. The number of rotatable bonds is 9. The van der Waals surface area contributed by atoms with Crippen LogP contribution in [0.25, 0.3) is 10.9 Å². The molecule has 4 rings (SSSR count). The van der Waals surface area contributed by atoms with Crippen LogP contribution in [0.15, 0.2) is 78.8 Å². The molecule has 2 aromatic carbocycles. The summed E-state index contributed by atoms with van der Waals surface area (Å²) in [5.41, 5.74) is 3.32. The van der Waals surface area contributed by atoms with Gasteiger partial charge in [-0.25, -0.2) is 9.59 Å². The lowest BCUT2D eigenvalue weighted by atomic mass is 10.1. The third-order valence-electron chi connectivity index (χ3n) is 5.92. The first kappa shape index (κ1) is 25.1. The fourth-order valence-electron chi connectivity index (χ4n) is 4.03. The molecule has 0 radical (unpaired) electrons. The Labute approximate surface area is 210 Å². The van der Waals surface area contributed by atoms with Crippen LogP contribution in [0.1, 0.15) is 17.5 Å². The van der Waals surface area contributed by atoms with Crippen LogP contribution < -0.4 is 4.74 Å². The van der Waals surface area contributed by atoms with E-state index >= 15 is 0 Å². The summed E-state index contributed by atoms with van der Waals surface area (Å²) in [6.07, 6.45) is 7.97. The number of hydrogen-bond acceptors (Lipinski definition) is 7. The molecule has 0 saturated heterocycles. The van der Waals surface area contributed by atoms with Gasteiger partial charge in [0.25, 0.3) is 0 Å². The lowest BCUT2D eigenvalue weighted by Gasteiger charge is -2.21. The number of allylic oxidation sites excluding steroid dienone is 1. The SMILES string of the molecule is COc1ccc2c(CCN(C)C)cn(C(=O)OCOC(=O)C3=CN(Cc4ccccc4)C=CC3)c2c1. The number of carbonyl (C=O) groups is 2. The average molecular weight is 490 g/mol. The summed E-state index contributed by atoms with van der Waals surface area (Å²) in [5.74, 6) is 0.119. The standard InChI is InChI=1S/C28H31N3O5/c1-29(2)15-13-22-19-31(26-16-24(34-3)11-12-25(22)26)28(33)36-20-35-27(32)23-10-7-14-30(18-23)17-21-8-5-4-6-9-21/h4-9,11-12,14,16,18-19H,10,13,15,17,20H2,1-3H3. The van der Waals surface area contributed by atoms with Gasteiger partial charge in [-0.1, -0.05) is 36.4 Å². The number of esters is 1. The molecular weight excluding hydrogens is 458 g/mol. The maximum absolute atomic E-state index is 12.9. The summed E-state index contributed by atoms with van der Waals surface area (Å²) in [5, 5.41) is 0.948. The van der Waals surface area contributed by atoms with E-state index in [2.05, 4.69) is 4.90 Å². The van der Waals surface area contributed by atoms with E-state index in [-0.39, 0.29) is 0 Å². The van der Waals surface area contributed by atoms with Crippen molar-refractivity contribution in [3.05, 3.63) is 89.9 Å². The molecule has 2 heterocycles. The Hall–Kier alpha value is -4.04. The van der Waals surface area contributed by atoms with Crippen molar-refractivity contribution in [2.45, 2.75) is 19.4 Å². The molecule has 0 aliphatic carbocycles. The second kappa shape index (κ2) is 11.6. The topological polar surface area (TPSA) is 73.2 Å². The van der Waals surface area contributed by atoms with Gasteiger partial charge in [-0.3, -0.25) is 4.57 Å². The summed E-state index contributed by atoms with van der Waals surface area (Å²) in [6, 6.07) is 15.6. The van der Waals surface area contributed by atoms with Crippen LogP contribution in [0, 0.1) is 0 Å². The molecule has 0 bridgehead atoms. The molecule has 8 nitrogen and oxygen atoms in total. The second-order valence-electron chi connectivity index (χ2n) is 8.82. The van der Waals surface area contributed by atoms with Crippen molar-refractivity contribution in [2.75, 3.05) is 34.5 Å². The van der Waals surface area contributed by atoms with Gasteiger partial charge in [0.15, 0.2) is 0 Å². The molecule has 0 amide bonds. The van der Waals surface area contributed by atoms with Crippen molar-refractivity contribution in [3.8, 4) is 5.75 Å². The van der Waals surface area contributed by atoms with E-state index in [1.165, 1.54) is 4.57 Å². The van der Waals surface area contributed by atoms with Gasteiger partial charge in [0.2, 0.25) is 6.79 Å². The van der Waals surface area contributed by atoms with Crippen LogP contribution >= 0.6 is 0 Å². The van der Waals surface area contributed by atoms with Crippen LogP contribution in [-0.4, -0.2) is 61.0 Å². The number of likely N-dealkylation sites (N-methyl/N-ethyl adjacent to an activating group) is 1. The number of fused-ring (bicyclic) bond motifs is 1. The molecule has 1 aromatic heterocycles. The Balaban J connectivity index is 1.39. The van der Waals surface area contributed by atoms with Crippen molar-refractivity contribution >= 4 is 23.0 Å². The Kier molecular flexibility index (Phi) is 8.07. The highest BCUT2D eigenvalue weighted by atomic mass is 16.7. The highest BCUT2D eigenvalue weighted by Gasteiger charge is 2.18. The highest BCUT2D eigenvalue weighted by molar-refractivity contribution is 5.93. The first-order valence-electron chi connectivity index (χ1n) is 11.8. The molecule has 0 fully saturated rings.